The third kappa shape index (κ3) is 5.29. The molecule has 2 amide bonds. The number of aliphatic imine (C=N–C) groups is 1. The number of carbonyl (C=O) groups excluding carboxylic acids is 2. The van der Waals surface area contributed by atoms with Crippen LogP contribution in [-0.4, -0.2) is 55.6 Å². The molecule has 1 saturated heterocycles. The lowest BCUT2D eigenvalue weighted by Crippen LogP contribution is -2.49. The number of ether oxygens (including phenoxy) is 2. The number of hydrogen-bond acceptors (Lipinski definition) is 5. The molecular weight excluding hydrogens is 410 g/mol. The first-order chi connectivity index (χ1) is 15.6. The van der Waals surface area contributed by atoms with Crippen molar-refractivity contribution in [3.8, 4) is 11.5 Å². The Morgan fingerprint density at radius 1 is 1.09 bits per heavy atom. The number of amides is 2. The first-order valence-corrected chi connectivity index (χ1v) is 10.7. The molecule has 32 heavy (non-hydrogen) atoms. The van der Waals surface area contributed by atoms with Crippen LogP contribution in [0.3, 0.4) is 0 Å². The van der Waals surface area contributed by atoms with E-state index in [0.717, 1.165) is 29.2 Å². The number of nitrogens with zero attached hydrogens (tertiary/aromatic N) is 2. The molecule has 2 aromatic carbocycles. The Balaban J connectivity index is 1.33. The van der Waals surface area contributed by atoms with Gasteiger partial charge in [-0.3, -0.25) is 9.59 Å². The van der Waals surface area contributed by atoms with E-state index in [1.54, 1.807) is 17.0 Å². The summed E-state index contributed by atoms with van der Waals surface area (Å²) in [6, 6.07) is 13.2. The molecule has 0 atom stereocenters. The quantitative estimate of drug-likeness (QED) is 0.464. The Morgan fingerprint density at radius 3 is 2.66 bits per heavy atom. The van der Waals surface area contributed by atoms with Crippen LogP contribution in [0.2, 0.25) is 0 Å². The largest absolute Gasteiger partial charge is 0.454 e. The monoisotopic (exact) mass is 437 g/mol. The van der Waals surface area contributed by atoms with E-state index < -0.39 is 0 Å². The predicted octanol–water partition coefficient (Wildman–Crippen LogP) is 1.24. The Hall–Kier alpha value is -3.75. The molecular formula is C23H27N5O4. The normalized spacial score (nSPS) is 15.3. The highest BCUT2D eigenvalue weighted by Crippen LogP contribution is 2.32. The van der Waals surface area contributed by atoms with E-state index in [0.29, 0.717) is 37.7 Å². The first kappa shape index (κ1) is 21.5. The minimum Gasteiger partial charge on any atom is -0.454 e. The van der Waals surface area contributed by atoms with Crippen LogP contribution in [0.4, 0.5) is 0 Å². The number of guanidine groups is 1. The second-order valence-corrected chi connectivity index (χ2v) is 7.51. The fraction of sp³-hybridized carbons (Fsp3) is 0.348. The van der Waals surface area contributed by atoms with Crippen molar-refractivity contribution in [2.75, 3.05) is 33.0 Å². The molecule has 0 radical (unpaired) electrons. The molecule has 0 unspecified atom stereocenters. The number of rotatable bonds is 6. The lowest BCUT2D eigenvalue weighted by atomic mass is 10.1. The molecule has 0 bridgehead atoms. The van der Waals surface area contributed by atoms with Gasteiger partial charge in [0.25, 0.3) is 5.91 Å². The molecule has 0 spiro atoms. The molecule has 2 aliphatic rings. The summed E-state index contributed by atoms with van der Waals surface area (Å²) < 4.78 is 10.8. The number of nitrogens with one attached hydrogen (secondary N) is 3. The van der Waals surface area contributed by atoms with Crippen molar-refractivity contribution < 1.29 is 19.1 Å². The summed E-state index contributed by atoms with van der Waals surface area (Å²) in [6.45, 7) is 5.20. The maximum absolute atomic E-state index is 12.6. The maximum Gasteiger partial charge on any atom is 0.254 e. The van der Waals surface area contributed by atoms with Crippen molar-refractivity contribution in [3.05, 3.63) is 59.2 Å². The Morgan fingerprint density at radius 2 is 1.88 bits per heavy atom. The molecule has 9 heteroatoms. The fourth-order valence-electron chi connectivity index (χ4n) is 3.50. The third-order valence-electron chi connectivity index (χ3n) is 5.19. The SMILES string of the molecule is CCNC(=NCc1ccc2c(c1)OCO2)NCc1ccc(C(=O)N2CCNC(=O)C2)cc1. The minimum atomic E-state index is -0.127. The topological polar surface area (TPSA) is 104 Å². The molecule has 2 aromatic rings. The predicted molar refractivity (Wildman–Crippen MR) is 120 cm³/mol. The van der Waals surface area contributed by atoms with Crippen LogP contribution in [0.5, 0.6) is 11.5 Å². The number of hydrogen-bond donors (Lipinski definition) is 3. The minimum absolute atomic E-state index is 0.105. The Labute approximate surface area is 186 Å². The van der Waals surface area contributed by atoms with Crippen LogP contribution in [0.1, 0.15) is 28.4 Å². The van der Waals surface area contributed by atoms with Gasteiger partial charge in [0.1, 0.15) is 0 Å². The molecule has 3 N–H and O–H groups in total. The summed E-state index contributed by atoms with van der Waals surface area (Å²) in [6.07, 6.45) is 0. The number of fused-ring (bicyclic) bond motifs is 1. The van der Waals surface area contributed by atoms with Gasteiger partial charge in [0.05, 0.1) is 13.1 Å². The van der Waals surface area contributed by atoms with E-state index in [-0.39, 0.29) is 25.2 Å². The Kier molecular flexibility index (Phi) is 6.74. The number of carbonyl (C=O) groups is 2. The van der Waals surface area contributed by atoms with Crippen molar-refractivity contribution in [2.24, 2.45) is 4.99 Å². The summed E-state index contributed by atoms with van der Waals surface area (Å²) in [5.41, 5.74) is 2.62. The van der Waals surface area contributed by atoms with Crippen molar-refractivity contribution in [1.29, 1.82) is 0 Å². The molecule has 0 aromatic heterocycles. The second-order valence-electron chi connectivity index (χ2n) is 7.51. The molecule has 168 valence electrons. The van der Waals surface area contributed by atoms with E-state index in [2.05, 4.69) is 20.9 Å². The van der Waals surface area contributed by atoms with E-state index in [9.17, 15) is 9.59 Å². The van der Waals surface area contributed by atoms with Crippen molar-refractivity contribution in [3.63, 3.8) is 0 Å². The average Bonchev–Trinajstić information content (AvgIpc) is 3.29. The molecule has 2 heterocycles. The second kappa shape index (κ2) is 10.0. The van der Waals surface area contributed by atoms with Crippen molar-refractivity contribution in [2.45, 2.75) is 20.0 Å². The van der Waals surface area contributed by atoms with Crippen molar-refractivity contribution in [1.82, 2.24) is 20.9 Å². The van der Waals surface area contributed by atoms with Crippen LogP contribution in [0, 0.1) is 0 Å². The Bertz CT molecular complexity index is 1010. The van der Waals surface area contributed by atoms with E-state index in [4.69, 9.17) is 9.47 Å². The highest BCUT2D eigenvalue weighted by atomic mass is 16.7. The zero-order valence-electron chi connectivity index (χ0n) is 18.0. The van der Waals surface area contributed by atoms with Gasteiger partial charge in [0.15, 0.2) is 17.5 Å². The van der Waals surface area contributed by atoms with E-state index in [1.165, 1.54) is 0 Å². The van der Waals surface area contributed by atoms with Gasteiger partial charge in [0, 0.05) is 31.7 Å². The maximum atomic E-state index is 12.6. The van der Waals surface area contributed by atoms with Gasteiger partial charge in [0.2, 0.25) is 12.7 Å². The molecule has 0 aliphatic carbocycles. The molecule has 9 nitrogen and oxygen atoms in total. The van der Waals surface area contributed by atoms with Crippen LogP contribution < -0.4 is 25.4 Å². The summed E-state index contributed by atoms with van der Waals surface area (Å²) in [4.78, 5) is 30.3. The van der Waals surface area contributed by atoms with Crippen molar-refractivity contribution >= 4 is 17.8 Å². The molecule has 0 saturated carbocycles. The van der Waals surface area contributed by atoms with E-state index >= 15 is 0 Å². The fourth-order valence-corrected chi connectivity index (χ4v) is 3.50. The summed E-state index contributed by atoms with van der Waals surface area (Å²) >= 11 is 0. The molecule has 4 rings (SSSR count). The van der Waals surface area contributed by atoms with Crippen LogP contribution >= 0.6 is 0 Å². The van der Waals surface area contributed by atoms with Gasteiger partial charge in [-0.25, -0.2) is 4.99 Å². The number of piperazine rings is 1. The third-order valence-corrected chi connectivity index (χ3v) is 5.19. The van der Waals surface area contributed by atoms with Gasteiger partial charge >= 0.3 is 0 Å². The smallest absolute Gasteiger partial charge is 0.254 e. The molecule has 1 fully saturated rings. The zero-order valence-corrected chi connectivity index (χ0v) is 18.0. The summed E-state index contributed by atoms with van der Waals surface area (Å²) in [7, 11) is 0. The highest BCUT2D eigenvalue weighted by Gasteiger charge is 2.22. The van der Waals surface area contributed by atoms with Gasteiger partial charge < -0.3 is 30.3 Å². The van der Waals surface area contributed by atoms with Gasteiger partial charge in [-0.05, 0) is 42.3 Å². The first-order valence-electron chi connectivity index (χ1n) is 10.7. The zero-order chi connectivity index (χ0) is 22.3. The molecule has 2 aliphatic heterocycles. The summed E-state index contributed by atoms with van der Waals surface area (Å²) in [5, 5.41) is 9.28. The van der Waals surface area contributed by atoms with Crippen LogP contribution in [-0.2, 0) is 17.9 Å². The highest BCUT2D eigenvalue weighted by molar-refractivity contribution is 5.97. The van der Waals surface area contributed by atoms with Crippen LogP contribution in [0.15, 0.2) is 47.5 Å². The van der Waals surface area contributed by atoms with Gasteiger partial charge in [-0.1, -0.05) is 18.2 Å². The lowest BCUT2D eigenvalue weighted by Gasteiger charge is -2.26. The van der Waals surface area contributed by atoms with Gasteiger partial charge in [-0.2, -0.15) is 0 Å². The van der Waals surface area contributed by atoms with Crippen LogP contribution in [0.25, 0.3) is 0 Å². The standard InChI is InChI=1S/C23H27N5O4/c1-2-24-23(27-13-17-5-8-19-20(11-17)32-15-31-19)26-12-16-3-6-18(7-4-16)22(30)28-10-9-25-21(29)14-28/h3-8,11H,2,9-10,12-15H2,1H3,(H,25,29)(H2,24,26,27). The lowest BCUT2D eigenvalue weighted by molar-refractivity contribution is -0.123. The average molecular weight is 438 g/mol. The number of benzene rings is 2. The van der Waals surface area contributed by atoms with E-state index in [1.807, 2.05) is 37.3 Å². The summed E-state index contributed by atoms with van der Waals surface area (Å²) in [5.74, 6) is 1.95. The van der Waals surface area contributed by atoms with Gasteiger partial charge in [-0.15, -0.1) is 0 Å².